The fourth-order valence-corrected chi connectivity index (χ4v) is 0.593. The van der Waals surface area contributed by atoms with Crippen molar-refractivity contribution in [3.63, 3.8) is 0 Å². The van der Waals surface area contributed by atoms with Gasteiger partial charge in [-0.15, -0.1) is 0 Å². The average molecular weight is 190 g/mol. The quantitative estimate of drug-likeness (QED) is 0.577. The number of hydrogen-bond donors (Lipinski definition) is 3. The van der Waals surface area contributed by atoms with Crippen molar-refractivity contribution in [1.29, 1.82) is 0 Å². The largest absolute Gasteiger partial charge is 0.444 e. The lowest BCUT2D eigenvalue weighted by molar-refractivity contribution is 0.0521. The number of nitrogens with one attached hydrogen (secondary N) is 1. The molecule has 5 heteroatoms. The predicted octanol–water partition coefficient (Wildman–Crippen LogP) is -0.169. The molecule has 5 nitrogen and oxygen atoms in total. The van der Waals surface area contributed by atoms with Gasteiger partial charge in [0.15, 0.2) is 0 Å². The van der Waals surface area contributed by atoms with Crippen LogP contribution in [0.1, 0.15) is 20.8 Å². The zero-order valence-electron chi connectivity index (χ0n) is 8.33. The van der Waals surface area contributed by atoms with E-state index in [2.05, 4.69) is 5.32 Å². The van der Waals surface area contributed by atoms with Crippen molar-refractivity contribution in [3.8, 4) is 0 Å². The highest BCUT2D eigenvalue weighted by Gasteiger charge is 2.16. The number of carbonyl (C=O) groups excluding carboxylic acids is 1. The molecule has 0 heterocycles. The first-order valence-corrected chi connectivity index (χ1v) is 4.18. The fraction of sp³-hybridized carbons (Fsp3) is 0.875. The van der Waals surface area contributed by atoms with Gasteiger partial charge < -0.3 is 20.9 Å². The molecule has 0 bridgehead atoms. The van der Waals surface area contributed by atoms with Gasteiger partial charge in [0.1, 0.15) is 5.60 Å². The zero-order chi connectivity index (χ0) is 10.5. The van der Waals surface area contributed by atoms with E-state index in [1.165, 1.54) is 0 Å². The van der Waals surface area contributed by atoms with Crippen LogP contribution in [0, 0.1) is 0 Å². The molecule has 0 unspecified atom stereocenters. The summed E-state index contributed by atoms with van der Waals surface area (Å²) in [6.07, 6.45) is -0.517. The Morgan fingerprint density at radius 3 is 2.54 bits per heavy atom. The highest BCUT2D eigenvalue weighted by atomic mass is 16.6. The molecule has 0 aliphatic heterocycles. The van der Waals surface area contributed by atoms with E-state index in [0.717, 1.165) is 0 Å². The van der Waals surface area contributed by atoms with Crippen molar-refractivity contribution in [3.05, 3.63) is 0 Å². The van der Waals surface area contributed by atoms with Gasteiger partial charge in [0, 0.05) is 12.6 Å². The summed E-state index contributed by atoms with van der Waals surface area (Å²) in [7, 11) is 0. The first-order chi connectivity index (χ1) is 5.85. The van der Waals surface area contributed by atoms with Crippen molar-refractivity contribution in [2.24, 2.45) is 5.73 Å². The minimum atomic E-state index is -0.517. The maximum Gasteiger partial charge on any atom is 0.407 e. The van der Waals surface area contributed by atoms with Gasteiger partial charge in [0.05, 0.1) is 6.61 Å². The van der Waals surface area contributed by atoms with Crippen LogP contribution in [0.3, 0.4) is 0 Å². The van der Waals surface area contributed by atoms with Gasteiger partial charge in [-0.1, -0.05) is 0 Å². The Labute approximate surface area is 78.3 Å². The Morgan fingerprint density at radius 1 is 1.62 bits per heavy atom. The number of ether oxygens (including phenoxy) is 1. The molecule has 4 N–H and O–H groups in total. The number of nitrogens with two attached hydrogens (primary N) is 1. The third-order valence-corrected chi connectivity index (χ3v) is 1.14. The maximum atomic E-state index is 11.0. The summed E-state index contributed by atoms with van der Waals surface area (Å²) in [5.74, 6) is 0. The smallest absolute Gasteiger partial charge is 0.407 e. The highest BCUT2D eigenvalue weighted by Crippen LogP contribution is 2.05. The molecule has 0 aliphatic rings. The molecule has 0 aromatic heterocycles. The maximum absolute atomic E-state index is 11.0. The van der Waals surface area contributed by atoms with Crippen LogP contribution in [0.2, 0.25) is 0 Å². The number of carbonyl (C=O) groups is 1. The minimum absolute atomic E-state index is 0.157. The number of alkyl carbamates (subject to hydrolysis) is 1. The molecule has 0 aliphatic carbocycles. The molecule has 78 valence electrons. The Morgan fingerprint density at radius 2 is 2.15 bits per heavy atom. The summed E-state index contributed by atoms with van der Waals surface area (Å²) >= 11 is 0. The Bertz CT molecular complexity index is 165. The van der Waals surface area contributed by atoms with Crippen LogP contribution in [0.5, 0.6) is 0 Å². The van der Waals surface area contributed by atoms with Crippen LogP contribution in [0.25, 0.3) is 0 Å². The first kappa shape index (κ1) is 12.2. The second-order valence-corrected chi connectivity index (χ2v) is 3.83. The van der Waals surface area contributed by atoms with Crippen LogP contribution in [0.15, 0.2) is 0 Å². The van der Waals surface area contributed by atoms with E-state index in [-0.39, 0.29) is 13.2 Å². The lowest BCUT2D eigenvalue weighted by Crippen LogP contribution is -2.41. The van der Waals surface area contributed by atoms with E-state index in [9.17, 15) is 4.79 Å². The summed E-state index contributed by atoms with van der Waals surface area (Å²) in [4.78, 5) is 11.0. The first-order valence-electron chi connectivity index (χ1n) is 4.18. The molecule has 1 amide bonds. The van der Waals surface area contributed by atoms with Gasteiger partial charge >= 0.3 is 6.09 Å². The third-order valence-electron chi connectivity index (χ3n) is 1.14. The van der Waals surface area contributed by atoms with Gasteiger partial charge in [0.25, 0.3) is 0 Å². The van der Waals surface area contributed by atoms with Gasteiger partial charge in [-0.05, 0) is 20.8 Å². The Kier molecular flexibility index (Phi) is 4.72. The van der Waals surface area contributed by atoms with Crippen molar-refractivity contribution in [2.45, 2.75) is 32.4 Å². The molecule has 1 atom stereocenters. The molecule has 0 radical (unpaired) electrons. The SMILES string of the molecule is CC(C)(C)OC(=O)NC[C@@H](N)CO. The standard InChI is InChI=1S/C8H18N2O3/c1-8(2,3)13-7(12)10-4-6(9)5-11/h6,11H,4-5,9H2,1-3H3,(H,10,12)/t6-/m1/s1. The van der Waals surface area contributed by atoms with Gasteiger partial charge in [-0.25, -0.2) is 4.79 Å². The lowest BCUT2D eigenvalue weighted by Gasteiger charge is -2.20. The van der Waals surface area contributed by atoms with Gasteiger partial charge in [-0.3, -0.25) is 0 Å². The van der Waals surface area contributed by atoms with E-state index < -0.39 is 17.7 Å². The van der Waals surface area contributed by atoms with Crippen LogP contribution in [0.4, 0.5) is 4.79 Å². The number of aliphatic hydroxyl groups excluding tert-OH is 1. The van der Waals surface area contributed by atoms with E-state index in [1.54, 1.807) is 20.8 Å². The molecular formula is C8H18N2O3. The molecule has 0 aromatic rings. The monoisotopic (exact) mass is 190 g/mol. The molecule has 13 heavy (non-hydrogen) atoms. The molecule has 0 saturated heterocycles. The molecule has 0 saturated carbocycles. The predicted molar refractivity (Wildman–Crippen MR) is 49.3 cm³/mol. The summed E-state index contributed by atoms with van der Waals surface area (Å²) in [5.41, 5.74) is 4.86. The van der Waals surface area contributed by atoms with Gasteiger partial charge in [-0.2, -0.15) is 0 Å². The zero-order valence-corrected chi connectivity index (χ0v) is 8.33. The van der Waals surface area contributed by atoms with Crippen molar-refractivity contribution < 1.29 is 14.6 Å². The second-order valence-electron chi connectivity index (χ2n) is 3.83. The summed E-state index contributed by atoms with van der Waals surface area (Å²) in [6.45, 7) is 5.39. The summed E-state index contributed by atoms with van der Waals surface area (Å²) in [5, 5.41) is 11.0. The number of amides is 1. The van der Waals surface area contributed by atoms with Crippen molar-refractivity contribution in [2.75, 3.05) is 13.2 Å². The van der Waals surface area contributed by atoms with E-state index in [0.29, 0.717) is 0 Å². The highest BCUT2D eigenvalue weighted by molar-refractivity contribution is 5.67. The van der Waals surface area contributed by atoms with Gasteiger partial charge in [0.2, 0.25) is 0 Å². The molecular weight excluding hydrogens is 172 g/mol. The normalized spacial score (nSPS) is 13.6. The lowest BCUT2D eigenvalue weighted by atomic mass is 10.2. The van der Waals surface area contributed by atoms with Crippen molar-refractivity contribution >= 4 is 6.09 Å². The average Bonchev–Trinajstić information content (AvgIpc) is 1.97. The molecule has 0 rings (SSSR count). The fourth-order valence-electron chi connectivity index (χ4n) is 0.593. The van der Waals surface area contributed by atoms with Crippen LogP contribution in [-0.2, 0) is 4.74 Å². The molecule has 0 aromatic carbocycles. The Balaban J connectivity index is 3.64. The minimum Gasteiger partial charge on any atom is -0.444 e. The molecule has 0 fully saturated rings. The number of hydrogen-bond acceptors (Lipinski definition) is 4. The van der Waals surface area contributed by atoms with Crippen molar-refractivity contribution in [1.82, 2.24) is 5.32 Å². The third kappa shape index (κ3) is 7.55. The van der Waals surface area contributed by atoms with E-state index in [4.69, 9.17) is 15.6 Å². The topological polar surface area (TPSA) is 84.6 Å². The molecule has 0 spiro atoms. The van der Waals surface area contributed by atoms with Crippen LogP contribution < -0.4 is 11.1 Å². The number of rotatable bonds is 3. The second kappa shape index (κ2) is 5.04. The Hall–Kier alpha value is -0.810. The van der Waals surface area contributed by atoms with E-state index >= 15 is 0 Å². The van der Waals surface area contributed by atoms with Crippen LogP contribution in [-0.4, -0.2) is 36.0 Å². The summed E-state index contributed by atoms with van der Waals surface area (Å²) < 4.78 is 4.95. The van der Waals surface area contributed by atoms with E-state index in [1.807, 2.05) is 0 Å². The van der Waals surface area contributed by atoms with Crippen LogP contribution >= 0.6 is 0 Å². The summed E-state index contributed by atoms with van der Waals surface area (Å²) in [6, 6.07) is -0.437. The number of aliphatic hydroxyl groups is 1.